The average Bonchev–Trinajstić information content (AvgIpc) is 3.14. The smallest absolute Gasteiger partial charge is 0.191 e. The van der Waals surface area contributed by atoms with Crippen molar-refractivity contribution < 1.29 is 4.42 Å². The van der Waals surface area contributed by atoms with Crippen molar-refractivity contribution in [3.05, 3.63) is 54.6 Å². The molecule has 0 spiro atoms. The molecule has 0 fully saturated rings. The van der Waals surface area contributed by atoms with E-state index >= 15 is 0 Å². The van der Waals surface area contributed by atoms with Crippen molar-refractivity contribution in [3.63, 3.8) is 0 Å². The van der Waals surface area contributed by atoms with Gasteiger partial charge in [-0.3, -0.25) is 0 Å². The van der Waals surface area contributed by atoms with Gasteiger partial charge in [-0.2, -0.15) is 0 Å². The summed E-state index contributed by atoms with van der Waals surface area (Å²) in [6.07, 6.45) is 5.42. The molecule has 3 rings (SSSR count). The van der Waals surface area contributed by atoms with Gasteiger partial charge in [0.1, 0.15) is 12.0 Å². The van der Waals surface area contributed by atoms with Gasteiger partial charge in [-0.15, -0.1) is 0 Å². The van der Waals surface area contributed by atoms with Crippen molar-refractivity contribution in [1.29, 1.82) is 0 Å². The maximum atomic E-state index is 5.23. The first kappa shape index (κ1) is 13.4. The maximum absolute atomic E-state index is 5.23. The van der Waals surface area contributed by atoms with Crippen LogP contribution in [0.4, 0.5) is 5.69 Å². The topological polar surface area (TPSA) is 55.9 Å². The molecule has 0 saturated heterocycles. The van der Waals surface area contributed by atoms with Crippen LogP contribution in [0.5, 0.6) is 0 Å². The van der Waals surface area contributed by atoms with E-state index in [1.807, 2.05) is 43.7 Å². The maximum Gasteiger partial charge on any atom is 0.191 e. The summed E-state index contributed by atoms with van der Waals surface area (Å²) in [5.41, 5.74) is 4.16. The zero-order valence-electron chi connectivity index (χ0n) is 12.2. The fourth-order valence-corrected chi connectivity index (χ4v) is 2.23. The van der Waals surface area contributed by atoms with Crippen LogP contribution in [0.2, 0.25) is 0 Å². The van der Waals surface area contributed by atoms with Crippen molar-refractivity contribution >= 4 is 5.69 Å². The fourth-order valence-electron chi connectivity index (χ4n) is 2.23. The molecule has 0 amide bonds. The molecular formula is C16H18N4O. The monoisotopic (exact) mass is 282 g/mol. The van der Waals surface area contributed by atoms with Gasteiger partial charge in [0.2, 0.25) is 0 Å². The summed E-state index contributed by atoms with van der Waals surface area (Å²) in [5.74, 6) is 0.681. The second kappa shape index (κ2) is 5.83. The quantitative estimate of drug-likeness (QED) is 0.778. The van der Waals surface area contributed by atoms with Crippen LogP contribution < -0.4 is 5.32 Å². The Morgan fingerprint density at radius 1 is 1.24 bits per heavy atom. The fraction of sp³-hybridized carbons (Fsp3) is 0.250. The van der Waals surface area contributed by atoms with Gasteiger partial charge in [-0.05, 0) is 19.1 Å². The largest absolute Gasteiger partial charge is 0.449 e. The van der Waals surface area contributed by atoms with Gasteiger partial charge in [0.25, 0.3) is 0 Å². The van der Waals surface area contributed by atoms with Crippen LogP contribution in [0.15, 0.2) is 47.5 Å². The Morgan fingerprint density at radius 3 is 2.71 bits per heavy atom. The molecule has 0 saturated carbocycles. The Balaban J connectivity index is 1.67. The number of imidazole rings is 1. The van der Waals surface area contributed by atoms with Gasteiger partial charge >= 0.3 is 0 Å². The van der Waals surface area contributed by atoms with E-state index in [9.17, 15) is 0 Å². The summed E-state index contributed by atoms with van der Waals surface area (Å²) in [7, 11) is 0. The van der Waals surface area contributed by atoms with Gasteiger partial charge in [0.05, 0.1) is 18.6 Å². The highest BCUT2D eigenvalue weighted by molar-refractivity contribution is 5.61. The standard InChI is InChI=1S/C16H18N4O/c1-3-20-11-17-8-15(20)9-18-14-6-4-13(5-7-14)16-10-21-12(2)19-16/h4-8,10-11,18H,3,9H2,1-2H3. The first-order chi connectivity index (χ1) is 10.3. The zero-order chi connectivity index (χ0) is 14.7. The molecule has 0 aliphatic heterocycles. The number of benzene rings is 1. The number of aryl methyl sites for hydroxylation is 2. The Labute approximate surface area is 123 Å². The van der Waals surface area contributed by atoms with Crippen molar-refractivity contribution in [2.45, 2.75) is 26.9 Å². The third-order valence-electron chi connectivity index (χ3n) is 3.41. The Bertz CT molecular complexity index is 712. The van der Waals surface area contributed by atoms with Crippen molar-refractivity contribution in [2.24, 2.45) is 0 Å². The molecular weight excluding hydrogens is 264 g/mol. The van der Waals surface area contributed by atoms with Crippen molar-refractivity contribution in [3.8, 4) is 11.3 Å². The summed E-state index contributed by atoms with van der Waals surface area (Å²) in [5, 5.41) is 3.40. The Kier molecular flexibility index (Phi) is 3.73. The van der Waals surface area contributed by atoms with Crippen LogP contribution >= 0.6 is 0 Å². The molecule has 2 aromatic heterocycles. The first-order valence-electron chi connectivity index (χ1n) is 7.01. The van der Waals surface area contributed by atoms with E-state index in [1.54, 1.807) is 6.26 Å². The number of rotatable bonds is 5. The normalized spacial score (nSPS) is 10.8. The van der Waals surface area contributed by atoms with E-state index < -0.39 is 0 Å². The lowest BCUT2D eigenvalue weighted by molar-refractivity contribution is 0.521. The van der Waals surface area contributed by atoms with Crippen LogP contribution in [0.3, 0.4) is 0 Å². The number of nitrogens with one attached hydrogen (secondary N) is 1. The minimum atomic E-state index is 0.681. The minimum Gasteiger partial charge on any atom is -0.449 e. The van der Waals surface area contributed by atoms with Gasteiger partial charge in [-0.25, -0.2) is 9.97 Å². The molecule has 0 atom stereocenters. The van der Waals surface area contributed by atoms with Crippen molar-refractivity contribution in [2.75, 3.05) is 5.32 Å². The summed E-state index contributed by atoms with van der Waals surface area (Å²) in [4.78, 5) is 8.49. The second-order valence-electron chi connectivity index (χ2n) is 4.85. The molecule has 21 heavy (non-hydrogen) atoms. The van der Waals surface area contributed by atoms with Crippen LogP contribution in [-0.2, 0) is 13.1 Å². The summed E-state index contributed by atoms with van der Waals surface area (Å²) in [6.45, 7) is 5.65. The highest BCUT2D eigenvalue weighted by Crippen LogP contribution is 2.21. The van der Waals surface area contributed by atoms with Crippen LogP contribution in [0, 0.1) is 6.92 Å². The molecule has 5 nitrogen and oxygen atoms in total. The molecule has 2 heterocycles. The number of anilines is 1. The predicted octanol–water partition coefficient (Wildman–Crippen LogP) is 3.48. The van der Waals surface area contributed by atoms with E-state index in [0.717, 1.165) is 30.0 Å². The summed E-state index contributed by atoms with van der Waals surface area (Å²) in [6, 6.07) is 8.17. The van der Waals surface area contributed by atoms with Crippen LogP contribution in [0.1, 0.15) is 18.5 Å². The van der Waals surface area contributed by atoms with Gasteiger partial charge in [-0.1, -0.05) is 12.1 Å². The lowest BCUT2D eigenvalue weighted by Crippen LogP contribution is -2.05. The van der Waals surface area contributed by atoms with Gasteiger partial charge < -0.3 is 14.3 Å². The number of hydrogen-bond donors (Lipinski definition) is 1. The summed E-state index contributed by atoms with van der Waals surface area (Å²) >= 11 is 0. The van der Waals surface area contributed by atoms with E-state index in [-0.39, 0.29) is 0 Å². The van der Waals surface area contributed by atoms with E-state index in [1.165, 1.54) is 5.69 Å². The Morgan fingerprint density at radius 2 is 2.05 bits per heavy atom. The summed E-state index contributed by atoms with van der Waals surface area (Å²) < 4.78 is 7.36. The zero-order valence-corrected chi connectivity index (χ0v) is 12.2. The molecule has 0 aliphatic carbocycles. The first-order valence-corrected chi connectivity index (χ1v) is 7.01. The lowest BCUT2D eigenvalue weighted by atomic mass is 10.1. The third kappa shape index (κ3) is 2.97. The number of oxazole rings is 1. The molecule has 0 aliphatic rings. The minimum absolute atomic E-state index is 0.681. The van der Waals surface area contributed by atoms with Gasteiger partial charge in [0, 0.05) is 30.9 Å². The SMILES string of the molecule is CCn1cncc1CNc1ccc(-c2coc(C)n2)cc1. The third-order valence-corrected chi connectivity index (χ3v) is 3.41. The molecule has 1 N–H and O–H groups in total. The van der Waals surface area contributed by atoms with Crippen molar-refractivity contribution in [1.82, 2.24) is 14.5 Å². The molecule has 5 heteroatoms. The van der Waals surface area contributed by atoms with E-state index in [0.29, 0.717) is 5.89 Å². The van der Waals surface area contributed by atoms with E-state index in [4.69, 9.17) is 4.42 Å². The number of aromatic nitrogens is 3. The molecule has 3 aromatic rings. The lowest BCUT2D eigenvalue weighted by Gasteiger charge is -2.08. The molecule has 0 bridgehead atoms. The van der Waals surface area contributed by atoms with Gasteiger partial charge in [0.15, 0.2) is 5.89 Å². The van der Waals surface area contributed by atoms with E-state index in [2.05, 4.69) is 26.8 Å². The average molecular weight is 282 g/mol. The highest BCUT2D eigenvalue weighted by Gasteiger charge is 2.04. The predicted molar refractivity (Wildman–Crippen MR) is 81.9 cm³/mol. The molecule has 108 valence electrons. The molecule has 0 unspecified atom stereocenters. The number of hydrogen-bond acceptors (Lipinski definition) is 4. The highest BCUT2D eigenvalue weighted by atomic mass is 16.3. The molecule has 1 aromatic carbocycles. The second-order valence-corrected chi connectivity index (χ2v) is 4.85. The Hall–Kier alpha value is -2.56. The van der Waals surface area contributed by atoms with Crippen LogP contribution in [-0.4, -0.2) is 14.5 Å². The van der Waals surface area contributed by atoms with Crippen LogP contribution in [0.25, 0.3) is 11.3 Å². The molecule has 0 radical (unpaired) electrons. The number of nitrogens with zero attached hydrogens (tertiary/aromatic N) is 3.